The lowest BCUT2D eigenvalue weighted by molar-refractivity contribution is 0.0784. The lowest BCUT2D eigenvalue weighted by Crippen LogP contribution is -2.26. The zero-order valence-electron chi connectivity index (χ0n) is 10.7. The van der Waals surface area contributed by atoms with Gasteiger partial charge in [0, 0.05) is 24.2 Å². The van der Waals surface area contributed by atoms with Gasteiger partial charge in [-0.05, 0) is 51.8 Å². The number of rotatable bonds is 3. The molecule has 2 aromatic carbocycles. The van der Waals surface area contributed by atoms with Crippen molar-refractivity contribution in [2.45, 2.75) is 6.54 Å². The second kappa shape index (κ2) is 6.37. The summed E-state index contributed by atoms with van der Waals surface area (Å²) in [5.74, 6) is -0.691. The van der Waals surface area contributed by atoms with E-state index in [4.69, 9.17) is 11.6 Å². The molecule has 0 radical (unpaired) electrons. The molecule has 2 nitrogen and oxygen atoms in total. The van der Waals surface area contributed by atoms with Gasteiger partial charge in [-0.25, -0.2) is 4.39 Å². The van der Waals surface area contributed by atoms with Gasteiger partial charge in [-0.1, -0.05) is 23.7 Å². The van der Waals surface area contributed by atoms with Crippen molar-refractivity contribution in [1.82, 2.24) is 4.90 Å². The SMILES string of the molecule is CN(Cc1cccc(Cl)c1)C(=O)c1ccc(Br)c(F)c1. The summed E-state index contributed by atoms with van der Waals surface area (Å²) in [6, 6.07) is 11.6. The zero-order chi connectivity index (χ0) is 14.7. The number of benzene rings is 2. The van der Waals surface area contributed by atoms with Crippen molar-refractivity contribution in [1.29, 1.82) is 0 Å². The summed E-state index contributed by atoms with van der Waals surface area (Å²) < 4.78 is 13.8. The Labute approximate surface area is 130 Å². The maximum Gasteiger partial charge on any atom is 0.253 e. The van der Waals surface area contributed by atoms with Gasteiger partial charge in [0.05, 0.1) is 4.47 Å². The van der Waals surface area contributed by atoms with Crippen molar-refractivity contribution in [3.8, 4) is 0 Å². The van der Waals surface area contributed by atoms with E-state index in [0.29, 0.717) is 21.6 Å². The van der Waals surface area contributed by atoms with E-state index in [1.807, 2.05) is 12.1 Å². The number of carbonyl (C=O) groups is 1. The van der Waals surface area contributed by atoms with Crippen LogP contribution in [0.25, 0.3) is 0 Å². The molecule has 0 bridgehead atoms. The number of nitrogens with zero attached hydrogens (tertiary/aromatic N) is 1. The molecule has 0 heterocycles. The molecule has 0 unspecified atom stereocenters. The molecular formula is C15H12BrClFNO. The van der Waals surface area contributed by atoms with Crippen molar-refractivity contribution in [2.24, 2.45) is 0 Å². The number of halogens is 3. The van der Waals surface area contributed by atoms with Crippen LogP contribution in [0.5, 0.6) is 0 Å². The molecule has 2 rings (SSSR count). The molecule has 104 valence electrons. The number of hydrogen-bond acceptors (Lipinski definition) is 1. The van der Waals surface area contributed by atoms with Gasteiger partial charge in [0.1, 0.15) is 5.82 Å². The molecule has 0 fully saturated rings. The van der Waals surface area contributed by atoms with Crippen LogP contribution in [-0.4, -0.2) is 17.9 Å². The fourth-order valence-electron chi connectivity index (χ4n) is 1.83. The van der Waals surface area contributed by atoms with Gasteiger partial charge < -0.3 is 4.90 Å². The Morgan fingerprint density at radius 1 is 1.30 bits per heavy atom. The average Bonchev–Trinajstić information content (AvgIpc) is 2.41. The zero-order valence-corrected chi connectivity index (χ0v) is 13.1. The van der Waals surface area contributed by atoms with Gasteiger partial charge in [-0.15, -0.1) is 0 Å². The molecule has 2 aromatic rings. The lowest BCUT2D eigenvalue weighted by atomic mass is 10.1. The molecule has 0 spiro atoms. The molecule has 0 aliphatic heterocycles. The van der Waals surface area contributed by atoms with Crippen LogP contribution in [0.2, 0.25) is 5.02 Å². The third-order valence-electron chi connectivity index (χ3n) is 2.82. The van der Waals surface area contributed by atoms with Crippen LogP contribution in [0.15, 0.2) is 46.9 Å². The average molecular weight is 357 g/mol. The molecular weight excluding hydrogens is 345 g/mol. The van der Waals surface area contributed by atoms with Gasteiger partial charge >= 0.3 is 0 Å². The van der Waals surface area contributed by atoms with Crippen LogP contribution in [0.1, 0.15) is 15.9 Å². The van der Waals surface area contributed by atoms with Crippen LogP contribution in [0, 0.1) is 5.82 Å². The lowest BCUT2D eigenvalue weighted by Gasteiger charge is -2.17. The number of amides is 1. The molecule has 0 aliphatic carbocycles. The van der Waals surface area contributed by atoms with Crippen LogP contribution in [0.4, 0.5) is 4.39 Å². The van der Waals surface area contributed by atoms with Crippen molar-refractivity contribution in [2.75, 3.05) is 7.05 Å². The predicted molar refractivity (Wildman–Crippen MR) is 81.3 cm³/mol. The molecule has 0 aliphatic rings. The van der Waals surface area contributed by atoms with Crippen LogP contribution in [-0.2, 0) is 6.54 Å². The Balaban J connectivity index is 2.14. The summed E-state index contributed by atoms with van der Waals surface area (Å²) in [4.78, 5) is 13.7. The van der Waals surface area contributed by atoms with Crippen LogP contribution < -0.4 is 0 Å². The maximum atomic E-state index is 13.4. The summed E-state index contributed by atoms with van der Waals surface area (Å²) in [6.45, 7) is 0.414. The summed E-state index contributed by atoms with van der Waals surface area (Å²) in [5.41, 5.74) is 1.24. The first-order valence-corrected chi connectivity index (χ1v) is 7.09. The number of carbonyl (C=O) groups excluding carboxylic acids is 1. The summed E-state index contributed by atoms with van der Waals surface area (Å²) >= 11 is 8.97. The van der Waals surface area contributed by atoms with Gasteiger partial charge in [-0.3, -0.25) is 4.79 Å². The van der Waals surface area contributed by atoms with Gasteiger partial charge in [0.2, 0.25) is 0 Å². The van der Waals surface area contributed by atoms with E-state index >= 15 is 0 Å². The molecule has 0 aromatic heterocycles. The van der Waals surface area contributed by atoms with Gasteiger partial charge in [-0.2, -0.15) is 0 Å². The van der Waals surface area contributed by atoms with Gasteiger partial charge in [0.15, 0.2) is 0 Å². The quantitative estimate of drug-likeness (QED) is 0.792. The van der Waals surface area contributed by atoms with Gasteiger partial charge in [0.25, 0.3) is 5.91 Å². The Kier molecular flexibility index (Phi) is 4.78. The number of hydrogen-bond donors (Lipinski definition) is 0. The highest BCUT2D eigenvalue weighted by molar-refractivity contribution is 9.10. The predicted octanol–water partition coefficient (Wildman–Crippen LogP) is 4.51. The maximum absolute atomic E-state index is 13.4. The van der Waals surface area contributed by atoms with Crippen molar-refractivity contribution in [3.63, 3.8) is 0 Å². The second-order valence-electron chi connectivity index (χ2n) is 4.42. The molecule has 1 amide bonds. The Bertz CT molecular complexity index is 648. The van der Waals surface area contributed by atoms with Crippen molar-refractivity contribution in [3.05, 3.63) is 68.9 Å². The Hall–Kier alpha value is -1.39. The van der Waals surface area contributed by atoms with E-state index in [9.17, 15) is 9.18 Å². The van der Waals surface area contributed by atoms with E-state index in [1.165, 1.54) is 17.0 Å². The van der Waals surface area contributed by atoms with Crippen LogP contribution in [0.3, 0.4) is 0 Å². The third kappa shape index (κ3) is 3.58. The highest BCUT2D eigenvalue weighted by Crippen LogP contribution is 2.18. The Morgan fingerprint density at radius 3 is 2.70 bits per heavy atom. The monoisotopic (exact) mass is 355 g/mol. The first-order chi connectivity index (χ1) is 9.47. The normalized spacial score (nSPS) is 10.4. The minimum Gasteiger partial charge on any atom is -0.337 e. The molecule has 0 saturated heterocycles. The van der Waals surface area contributed by atoms with E-state index < -0.39 is 5.82 Å². The molecule has 0 atom stereocenters. The second-order valence-corrected chi connectivity index (χ2v) is 5.71. The standard InChI is InChI=1S/C15H12BrClFNO/c1-19(9-10-3-2-4-12(17)7-10)15(20)11-5-6-13(16)14(18)8-11/h2-8H,9H2,1H3. The van der Waals surface area contributed by atoms with Crippen molar-refractivity contribution >= 4 is 33.4 Å². The highest BCUT2D eigenvalue weighted by Gasteiger charge is 2.13. The Morgan fingerprint density at radius 2 is 2.05 bits per heavy atom. The van der Waals surface area contributed by atoms with Crippen molar-refractivity contribution < 1.29 is 9.18 Å². The smallest absolute Gasteiger partial charge is 0.253 e. The summed E-state index contributed by atoms with van der Waals surface area (Å²) in [5, 5.41) is 0.623. The minimum absolute atomic E-state index is 0.239. The van der Waals surface area contributed by atoms with Crippen LogP contribution >= 0.6 is 27.5 Å². The first kappa shape index (κ1) is 15.0. The fraction of sp³-hybridized carbons (Fsp3) is 0.133. The largest absolute Gasteiger partial charge is 0.337 e. The van der Waals surface area contributed by atoms with E-state index in [1.54, 1.807) is 25.2 Å². The molecule has 0 saturated carbocycles. The van der Waals surface area contributed by atoms with E-state index in [0.717, 1.165) is 5.56 Å². The van der Waals surface area contributed by atoms with E-state index in [-0.39, 0.29) is 5.91 Å². The fourth-order valence-corrected chi connectivity index (χ4v) is 2.29. The molecule has 5 heteroatoms. The first-order valence-electron chi connectivity index (χ1n) is 5.92. The highest BCUT2D eigenvalue weighted by atomic mass is 79.9. The molecule has 0 N–H and O–H groups in total. The topological polar surface area (TPSA) is 20.3 Å². The third-order valence-corrected chi connectivity index (χ3v) is 3.70. The molecule has 20 heavy (non-hydrogen) atoms. The summed E-state index contributed by atoms with van der Waals surface area (Å²) in [6.07, 6.45) is 0. The van der Waals surface area contributed by atoms with E-state index in [2.05, 4.69) is 15.9 Å². The summed E-state index contributed by atoms with van der Waals surface area (Å²) in [7, 11) is 1.67. The minimum atomic E-state index is -0.452.